The van der Waals surface area contributed by atoms with E-state index in [1.54, 1.807) is 12.1 Å². The number of nitrogens with zero attached hydrogens (tertiary/aromatic N) is 1. The molecular formula is C26H22NO3-. The fraction of sp³-hybridized carbons (Fsp3) is 0.154. The minimum atomic E-state index is -1.22. The van der Waals surface area contributed by atoms with E-state index in [0.29, 0.717) is 17.4 Å². The number of carboxylic acids is 1. The van der Waals surface area contributed by atoms with Gasteiger partial charge in [-0.3, -0.25) is 0 Å². The molecule has 1 heterocycles. The fourth-order valence-electron chi connectivity index (χ4n) is 3.39. The standard InChI is InChI=1S/C26H23NO3/c1-16(2)18-8-10-19(11-9-18)25-15-23(22-13-17(3)7-12-24(22)30-25)27-21-6-4-5-20(14-21)26(28)29/h4-16H,1-3H3,(H,28,29)/p-1. The van der Waals surface area contributed by atoms with Crippen molar-refractivity contribution in [3.8, 4) is 11.3 Å². The van der Waals surface area contributed by atoms with Crippen LogP contribution in [0.15, 0.2) is 82.2 Å². The SMILES string of the molecule is Cc1ccc2oc(-c3ccc(C(C)C)cc3)cc(=Nc3cccc(C(=O)[O-])c3)c2c1. The highest BCUT2D eigenvalue weighted by Crippen LogP contribution is 2.25. The van der Waals surface area contributed by atoms with Crippen LogP contribution in [0.25, 0.3) is 22.3 Å². The number of aryl methyl sites for hydroxylation is 1. The van der Waals surface area contributed by atoms with Crippen LogP contribution in [-0.4, -0.2) is 5.97 Å². The van der Waals surface area contributed by atoms with Gasteiger partial charge < -0.3 is 14.3 Å². The number of benzene rings is 3. The maximum absolute atomic E-state index is 11.2. The Balaban J connectivity index is 1.92. The lowest BCUT2D eigenvalue weighted by molar-refractivity contribution is -0.255. The quantitative estimate of drug-likeness (QED) is 0.480. The van der Waals surface area contributed by atoms with Gasteiger partial charge in [0.05, 0.1) is 17.0 Å². The lowest BCUT2D eigenvalue weighted by Crippen LogP contribution is -2.21. The normalized spacial score (nSPS) is 11.9. The van der Waals surface area contributed by atoms with Crippen LogP contribution < -0.4 is 10.5 Å². The monoisotopic (exact) mass is 396 g/mol. The Kier molecular flexibility index (Phi) is 5.23. The zero-order chi connectivity index (χ0) is 21.3. The Labute approximate surface area is 175 Å². The lowest BCUT2D eigenvalue weighted by Gasteiger charge is -2.09. The Morgan fingerprint density at radius 3 is 2.43 bits per heavy atom. The topological polar surface area (TPSA) is 65.6 Å². The van der Waals surface area contributed by atoms with Crippen LogP contribution in [0.4, 0.5) is 5.69 Å². The minimum Gasteiger partial charge on any atom is -0.545 e. The zero-order valence-corrected chi connectivity index (χ0v) is 17.2. The molecular weight excluding hydrogens is 374 g/mol. The van der Waals surface area contributed by atoms with Gasteiger partial charge in [0, 0.05) is 17.0 Å². The lowest BCUT2D eigenvalue weighted by atomic mass is 10.0. The van der Waals surface area contributed by atoms with Crippen LogP contribution in [0.5, 0.6) is 0 Å². The molecule has 0 saturated carbocycles. The molecule has 150 valence electrons. The van der Waals surface area contributed by atoms with E-state index in [0.717, 1.165) is 27.5 Å². The van der Waals surface area contributed by atoms with Gasteiger partial charge in [0.25, 0.3) is 0 Å². The summed E-state index contributed by atoms with van der Waals surface area (Å²) < 4.78 is 6.18. The molecule has 4 nitrogen and oxygen atoms in total. The van der Waals surface area contributed by atoms with E-state index < -0.39 is 5.97 Å². The second-order valence-electron chi connectivity index (χ2n) is 7.72. The summed E-state index contributed by atoms with van der Waals surface area (Å²) in [6.07, 6.45) is 0. The van der Waals surface area contributed by atoms with E-state index in [1.807, 2.05) is 31.2 Å². The second kappa shape index (κ2) is 7.99. The predicted octanol–water partition coefficient (Wildman–Crippen LogP) is 5.13. The minimum absolute atomic E-state index is 0.0989. The van der Waals surface area contributed by atoms with Crippen LogP contribution in [-0.2, 0) is 0 Å². The first kappa shape index (κ1) is 19.6. The summed E-state index contributed by atoms with van der Waals surface area (Å²) in [5, 5.41) is 12.8. The van der Waals surface area contributed by atoms with Gasteiger partial charge in [0.2, 0.25) is 0 Å². The molecule has 4 aromatic rings. The van der Waals surface area contributed by atoms with Gasteiger partial charge in [-0.15, -0.1) is 0 Å². The van der Waals surface area contributed by atoms with Gasteiger partial charge in [-0.25, -0.2) is 4.99 Å². The molecule has 0 spiro atoms. The fourth-order valence-corrected chi connectivity index (χ4v) is 3.39. The highest BCUT2D eigenvalue weighted by molar-refractivity contribution is 5.87. The summed E-state index contributed by atoms with van der Waals surface area (Å²) in [5.74, 6) is -0.0599. The van der Waals surface area contributed by atoms with Gasteiger partial charge in [-0.1, -0.05) is 61.9 Å². The first-order chi connectivity index (χ1) is 14.4. The van der Waals surface area contributed by atoms with Crippen molar-refractivity contribution in [1.29, 1.82) is 0 Å². The van der Waals surface area contributed by atoms with E-state index in [4.69, 9.17) is 9.41 Å². The van der Waals surface area contributed by atoms with E-state index in [-0.39, 0.29) is 5.56 Å². The van der Waals surface area contributed by atoms with Crippen molar-refractivity contribution in [3.05, 3.63) is 94.8 Å². The molecule has 0 aliphatic carbocycles. The molecule has 30 heavy (non-hydrogen) atoms. The number of carboxylic acid groups (broad SMARTS) is 1. The number of carbonyl (C=O) groups excluding carboxylic acids is 1. The van der Waals surface area contributed by atoms with Crippen LogP contribution in [0.1, 0.15) is 41.3 Å². The van der Waals surface area contributed by atoms with E-state index in [9.17, 15) is 9.90 Å². The van der Waals surface area contributed by atoms with Gasteiger partial charge in [-0.2, -0.15) is 0 Å². The zero-order valence-electron chi connectivity index (χ0n) is 17.2. The van der Waals surface area contributed by atoms with E-state index >= 15 is 0 Å². The van der Waals surface area contributed by atoms with Crippen molar-refractivity contribution in [1.82, 2.24) is 0 Å². The maximum atomic E-state index is 11.2. The molecule has 0 fully saturated rings. The summed E-state index contributed by atoms with van der Waals surface area (Å²) >= 11 is 0. The largest absolute Gasteiger partial charge is 0.545 e. The average Bonchev–Trinajstić information content (AvgIpc) is 2.74. The molecule has 0 saturated heterocycles. The number of fused-ring (bicyclic) bond motifs is 1. The molecule has 4 heteroatoms. The molecule has 0 bridgehead atoms. The van der Waals surface area contributed by atoms with Crippen molar-refractivity contribution in [2.75, 3.05) is 0 Å². The van der Waals surface area contributed by atoms with Crippen LogP contribution in [0.3, 0.4) is 0 Å². The Morgan fingerprint density at radius 2 is 1.73 bits per heavy atom. The molecule has 0 radical (unpaired) electrons. The van der Waals surface area contributed by atoms with E-state index in [2.05, 4.69) is 38.1 Å². The van der Waals surface area contributed by atoms with Crippen molar-refractivity contribution in [2.45, 2.75) is 26.7 Å². The Hall–Kier alpha value is -3.66. The number of carbonyl (C=O) groups is 1. The third kappa shape index (κ3) is 4.03. The van der Waals surface area contributed by atoms with Crippen molar-refractivity contribution in [3.63, 3.8) is 0 Å². The number of hydrogen-bond donors (Lipinski definition) is 0. The van der Waals surface area contributed by atoms with Gasteiger partial charge in [-0.05, 0) is 48.2 Å². The first-order valence-corrected chi connectivity index (χ1v) is 9.92. The maximum Gasteiger partial charge on any atom is 0.136 e. The summed E-state index contributed by atoms with van der Waals surface area (Å²) in [7, 11) is 0. The highest BCUT2D eigenvalue weighted by Gasteiger charge is 2.08. The smallest absolute Gasteiger partial charge is 0.136 e. The Bertz CT molecular complexity index is 1300. The average molecular weight is 396 g/mol. The number of aromatic carboxylic acids is 1. The number of hydrogen-bond acceptors (Lipinski definition) is 4. The molecule has 0 N–H and O–H groups in total. The van der Waals surface area contributed by atoms with Crippen molar-refractivity contribution < 1.29 is 14.3 Å². The number of rotatable bonds is 4. The molecule has 0 aliphatic rings. The molecule has 4 rings (SSSR count). The van der Waals surface area contributed by atoms with Gasteiger partial charge >= 0.3 is 0 Å². The summed E-state index contributed by atoms with van der Waals surface area (Å²) in [6, 6.07) is 22.6. The summed E-state index contributed by atoms with van der Waals surface area (Å²) in [5.41, 5.74) is 4.68. The van der Waals surface area contributed by atoms with Gasteiger partial charge in [0.1, 0.15) is 11.3 Å². The third-order valence-electron chi connectivity index (χ3n) is 5.09. The van der Waals surface area contributed by atoms with Crippen LogP contribution >= 0.6 is 0 Å². The molecule has 0 atom stereocenters. The summed E-state index contributed by atoms with van der Waals surface area (Å²) in [6.45, 7) is 6.34. The molecule has 0 amide bonds. The van der Waals surface area contributed by atoms with Gasteiger partial charge in [0.15, 0.2) is 0 Å². The molecule has 1 aromatic heterocycles. The second-order valence-corrected chi connectivity index (χ2v) is 7.72. The van der Waals surface area contributed by atoms with Crippen molar-refractivity contribution >= 4 is 22.6 Å². The highest BCUT2D eigenvalue weighted by atomic mass is 16.4. The Morgan fingerprint density at radius 1 is 0.967 bits per heavy atom. The first-order valence-electron chi connectivity index (χ1n) is 9.92. The predicted molar refractivity (Wildman–Crippen MR) is 116 cm³/mol. The third-order valence-corrected chi connectivity index (χ3v) is 5.09. The van der Waals surface area contributed by atoms with E-state index in [1.165, 1.54) is 17.7 Å². The van der Waals surface area contributed by atoms with Crippen LogP contribution in [0.2, 0.25) is 0 Å². The van der Waals surface area contributed by atoms with Crippen molar-refractivity contribution in [2.24, 2.45) is 4.99 Å². The molecule has 0 aliphatic heterocycles. The molecule has 3 aromatic carbocycles. The van der Waals surface area contributed by atoms with Crippen LogP contribution in [0, 0.1) is 6.92 Å². The molecule has 0 unspecified atom stereocenters. The summed E-state index contributed by atoms with van der Waals surface area (Å²) in [4.78, 5) is 15.9.